The highest BCUT2D eigenvalue weighted by atomic mass is 35.5. The number of hydrogen-bond acceptors (Lipinski definition) is 1. The molecule has 0 N–H and O–H groups in total. The molecule has 0 aliphatic rings. The second kappa shape index (κ2) is 7.68. The van der Waals surface area contributed by atoms with E-state index in [2.05, 4.69) is 42.7 Å². The van der Waals surface area contributed by atoms with Crippen LogP contribution in [-0.4, -0.2) is 15.4 Å². The quantitative estimate of drug-likeness (QED) is 0.600. The Morgan fingerprint density at radius 1 is 1.15 bits per heavy atom. The van der Waals surface area contributed by atoms with Crippen molar-refractivity contribution in [1.82, 2.24) is 9.55 Å². The van der Waals surface area contributed by atoms with Crippen LogP contribution >= 0.6 is 11.6 Å². The maximum absolute atomic E-state index is 5.97. The van der Waals surface area contributed by atoms with Gasteiger partial charge in [0.15, 0.2) is 0 Å². The molecule has 1 heterocycles. The number of benzene rings is 1. The van der Waals surface area contributed by atoms with Crippen LogP contribution in [-0.2, 0) is 6.42 Å². The summed E-state index contributed by atoms with van der Waals surface area (Å²) in [6, 6.07) is 9.02. The first kappa shape index (κ1) is 15.4. The van der Waals surface area contributed by atoms with E-state index in [1.165, 1.54) is 37.6 Å². The van der Waals surface area contributed by atoms with Gasteiger partial charge < -0.3 is 4.57 Å². The van der Waals surface area contributed by atoms with Crippen molar-refractivity contribution in [2.75, 3.05) is 5.88 Å². The number of imidazole rings is 1. The van der Waals surface area contributed by atoms with Crippen LogP contribution in [0.1, 0.15) is 57.8 Å². The molecule has 110 valence electrons. The number of aryl methyl sites for hydroxylation is 1. The van der Waals surface area contributed by atoms with Gasteiger partial charge in [0, 0.05) is 18.3 Å². The van der Waals surface area contributed by atoms with Crippen LogP contribution in [0.4, 0.5) is 0 Å². The third kappa shape index (κ3) is 3.35. The number of hydrogen-bond donors (Lipinski definition) is 0. The summed E-state index contributed by atoms with van der Waals surface area (Å²) in [5.74, 6) is 1.78. The zero-order chi connectivity index (χ0) is 14.4. The average molecular weight is 293 g/mol. The minimum absolute atomic E-state index is 0.561. The van der Waals surface area contributed by atoms with Gasteiger partial charge in [0.2, 0.25) is 0 Å². The Morgan fingerprint density at radius 2 is 1.95 bits per heavy atom. The minimum atomic E-state index is 0.561. The maximum atomic E-state index is 5.97. The summed E-state index contributed by atoms with van der Waals surface area (Å²) >= 11 is 5.97. The third-order valence-corrected chi connectivity index (χ3v) is 4.05. The number of halogens is 1. The summed E-state index contributed by atoms with van der Waals surface area (Å²) < 4.78 is 2.46. The first-order valence-corrected chi connectivity index (χ1v) is 8.37. The average Bonchev–Trinajstić information content (AvgIpc) is 2.82. The van der Waals surface area contributed by atoms with E-state index in [9.17, 15) is 0 Å². The lowest BCUT2D eigenvalue weighted by molar-refractivity contribution is 0.415. The predicted octanol–water partition coefficient (Wildman–Crippen LogP) is 5.35. The summed E-state index contributed by atoms with van der Waals surface area (Å²) in [4.78, 5) is 4.79. The molecule has 1 unspecified atom stereocenters. The van der Waals surface area contributed by atoms with Gasteiger partial charge in [-0.1, -0.05) is 45.2 Å². The van der Waals surface area contributed by atoms with Gasteiger partial charge >= 0.3 is 0 Å². The second-order valence-electron chi connectivity index (χ2n) is 5.41. The van der Waals surface area contributed by atoms with Gasteiger partial charge in [-0.3, -0.25) is 0 Å². The summed E-state index contributed by atoms with van der Waals surface area (Å²) in [6.45, 7) is 4.52. The zero-order valence-corrected chi connectivity index (χ0v) is 13.4. The molecule has 0 fully saturated rings. The first-order chi connectivity index (χ1) is 9.81. The van der Waals surface area contributed by atoms with Crippen molar-refractivity contribution >= 4 is 22.6 Å². The van der Waals surface area contributed by atoms with Crippen molar-refractivity contribution < 1.29 is 0 Å². The molecular weight excluding hydrogens is 268 g/mol. The second-order valence-corrected chi connectivity index (χ2v) is 5.79. The van der Waals surface area contributed by atoms with Crippen molar-refractivity contribution in [3.8, 4) is 0 Å². The molecule has 0 spiro atoms. The van der Waals surface area contributed by atoms with Crippen LogP contribution in [0.5, 0.6) is 0 Å². The zero-order valence-electron chi connectivity index (χ0n) is 12.6. The summed E-state index contributed by atoms with van der Waals surface area (Å²) in [5, 5.41) is 0. The number of aromatic nitrogens is 2. The molecule has 0 bridgehead atoms. The van der Waals surface area contributed by atoms with Gasteiger partial charge in [-0.05, 0) is 25.0 Å². The Hall–Kier alpha value is -1.02. The standard InChI is InChI=1S/C17H25ClN2/c1-3-5-9-14(8-4-2)20-16-11-7-6-10-15(16)19-17(20)12-13-18/h6-7,10-11,14H,3-5,8-9,12-13H2,1-2H3. The highest BCUT2D eigenvalue weighted by molar-refractivity contribution is 6.17. The van der Waals surface area contributed by atoms with Crippen LogP contribution in [0.3, 0.4) is 0 Å². The van der Waals surface area contributed by atoms with Crippen molar-refractivity contribution in [2.45, 2.75) is 58.4 Å². The predicted molar refractivity (Wildman–Crippen MR) is 87.6 cm³/mol. The van der Waals surface area contributed by atoms with E-state index >= 15 is 0 Å². The molecule has 0 saturated heterocycles. The van der Waals surface area contributed by atoms with Crippen LogP contribution in [0.2, 0.25) is 0 Å². The first-order valence-electron chi connectivity index (χ1n) is 7.83. The Bertz CT molecular complexity index is 533. The molecule has 0 aliphatic carbocycles. The van der Waals surface area contributed by atoms with Crippen LogP contribution in [0, 0.1) is 0 Å². The molecule has 0 amide bonds. The maximum Gasteiger partial charge on any atom is 0.111 e. The highest BCUT2D eigenvalue weighted by Gasteiger charge is 2.17. The molecule has 1 aromatic heterocycles. The van der Waals surface area contributed by atoms with Crippen LogP contribution < -0.4 is 0 Å². The lowest BCUT2D eigenvalue weighted by Gasteiger charge is -2.21. The number of alkyl halides is 1. The molecule has 0 aliphatic heterocycles. The number of nitrogens with zero attached hydrogens (tertiary/aromatic N) is 2. The lowest BCUT2D eigenvalue weighted by atomic mass is 10.0. The smallest absolute Gasteiger partial charge is 0.111 e. The molecule has 2 nitrogen and oxygen atoms in total. The summed E-state index contributed by atoms with van der Waals surface area (Å²) in [6.07, 6.45) is 7.04. The van der Waals surface area contributed by atoms with Crippen LogP contribution in [0.25, 0.3) is 11.0 Å². The number of para-hydroxylation sites is 2. The molecule has 3 heteroatoms. The topological polar surface area (TPSA) is 17.8 Å². The fourth-order valence-electron chi connectivity index (χ4n) is 2.94. The van der Waals surface area contributed by atoms with Gasteiger partial charge in [0.05, 0.1) is 11.0 Å². The minimum Gasteiger partial charge on any atom is -0.325 e. The summed E-state index contributed by atoms with van der Waals surface area (Å²) in [5.41, 5.74) is 2.37. The Balaban J connectivity index is 2.43. The van der Waals surface area contributed by atoms with E-state index in [1.54, 1.807) is 0 Å². The molecular formula is C17H25ClN2. The Labute approximate surface area is 127 Å². The van der Waals surface area contributed by atoms with Gasteiger partial charge in [0.1, 0.15) is 5.82 Å². The summed E-state index contributed by atoms with van der Waals surface area (Å²) in [7, 11) is 0. The molecule has 0 saturated carbocycles. The van der Waals surface area contributed by atoms with E-state index in [4.69, 9.17) is 16.6 Å². The molecule has 1 atom stereocenters. The van der Waals surface area contributed by atoms with Crippen LogP contribution in [0.15, 0.2) is 24.3 Å². The van der Waals surface area contributed by atoms with Gasteiger partial charge in [-0.15, -0.1) is 11.6 Å². The van der Waals surface area contributed by atoms with Crippen molar-refractivity contribution in [1.29, 1.82) is 0 Å². The molecule has 2 rings (SSSR count). The lowest BCUT2D eigenvalue weighted by Crippen LogP contribution is -2.13. The highest BCUT2D eigenvalue weighted by Crippen LogP contribution is 2.28. The fourth-order valence-corrected chi connectivity index (χ4v) is 3.11. The van der Waals surface area contributed by atoms with E-state index in [1.807, 2.05) is 0 Å². The number of fused-ring (bicyclic) bond motifs is 1. The fraction of sp³-hybridized carbons (Fsp3) is 0.588. The van der Waals surface area contributed by atoms with E-state index in [0.717, 1.165) is 17.8 Å². The third-order valence-electron chi connectivity index (χ3n) is 3.86. The molecule has 0 radical (unpaired) electrons. The van der Waals surface area contributed by atoms with E-state index < -0.39 is 0 Å². The largest absolute Gasteiger partial charge is 0.325 e. The van der Waals surface area contributed by atoms with Gasteiger partial charge in [-0.25, -0.2) is 4.98 Å². The van der Waals surface area contributed by atoms with E-state index in [-0.39, 0.29) is 0 Å². The molecule has 20 heavy (non-hydrogen) atoms. The van der Waals surface area contributed by atoms with Crippen molar-refractivity contribution in [3.63, 3.8) is 0 Å². The van der Waals surface area contributed by atoms with Crippen molar-refractivity contribution in [2.24, 2.45) is 0 Å². The van der Waals surface area contributed by atoms with E-state index in [0.29, 0.717) is 11.9 Å². The normalized spacial score (nSPS) is 12.9. The Morgan fingerprint density at radius 3 is 2.65 bits per heavy atom. The monoisotopic (exact) mass is 292 g/mol. The van der Waals surface area contributed by atoms with Gasteiger partial charge in [-0.2, -0.15) is 0 Å². The molecule has 2 aromatic rings. The van der Waals surface area contributed by atoms with Gasteiger partial charge in [0.25, 0.3) is 0 Å². The number of unbranched alkanes of at least 4 members (excludes halogenated alkanes) is 1. The van der Waals surface area contributed by atoms with Crippen molar-refractivity contribution in [3.05, 3.63) is 30.1 Å². The Kier molecular flexibility index (Phi) is 5.90. The number of rotatable bonds is 8. The molecule has 1 aromatic carbocycles. The SMILES string of the molecule is CCCCC(CCC)n1c(CCCl)nc2ccccc21.